The summed E-state index contributed by atoms with van der Waals surface area (Å²) in [6.07, 6.45) is 3.95. The predicted molar refractivity (Wildman–Crippen MR) is 118 cm³/mol. The molecule has 31 heavy (non-hydrogen) atoms. The minimum absolute atomic E-state index is 0.0140. The molecule has 0 aromatic carbocycles. The van der Waals surface area contributed by atoms with E-state index in [-0.39, 0.29) is 11.8 Å². The highest BCUT2D eigenvalue weighted by atomic mass is 32.1. The molecule has 1 N–H and O–H groups in total. The van der Waals surface area contributed by atoms with Gasteiger partial charge in [0.05, 0.1) is 12.2 Å². The number of aromatic nitrogens is 5. The Labute approximate surface area is 185 Å². The van der Waals surface area contributed by atoms with Gasteiger partial charge in [0.25, 0.3) is 5.89 Å². The fraction of sp³-hybridized carbons (Fsp3) is 0.524. The van der Waals surface area contributed by atoms with Gasteiger partial charge in [-0.05, 0) is 33.6 Å². The van der Waals surface area contributed by atoms with Crippen LogP contribution >= 0.6 is 11.3 Å². The lowest BCUT2D eigenvalue weighted by molar-refractivity contribution is -0.125. The largest absolute Gasteiger partial charge is 0.356 e. The molecule has 9 nitrogen and oxygen atoms in total. The van der Waals surface area contributed by atoms with Gasteiger partial charge in [-0.2, -0.15) is 4.98 Å². The molecule has 3 aromatic rings. The smallest absolute Gasteiger partial charge is 0.263 e. The van der Waals surface area contributed by atoms with E-state index in [9.17, 15) is 4.79 Å². The number of hydrogen-bond donors (Lipinski definition) is 1. The monoisotopic (exact) mass is 441 g/mol. The second-order valence-corrected chi connectivity index (χ2v) is 9.04. The van der Waals surface area contributed by atoms with Gasteiger partial charge < -0.3 is 14.7 Å². The number of thiazole rings is 1. The van der Waals surface area contributed by atoms with Crippen LogP contribution in [0.2, 0.25) is 0 Å². The van der Waals surface area contributed by atoms with E-state index < -0.39 is 0 Å². The Bertz CT molecular complexity index is 1050. The van der Waals surface area contributed by atoms with Gasteiger partial charge >= 0.3 is 0 Å². The van der Waals surface area contributed by atoms with Crippen LogP contribution in [-0.4, -0.2) is 44.1 Å². The zero-order valence-corrected chi connectivity index (χ0v) is 19.1. The van der Waals surface area contributed by atoms with Crippen LogP contribution in [-0.2, 0) is 17.8 Å². The summed E-state index contributed by atoms with van der Waals surface area (Å²) in [5.74, 6) is 2.63. The van der Waals surface area contributed by atoms with Gasteiger partial charge in [0.1, 0.15) is 22.2 Å². The van der Waals surface area contributed by atoms with E-state index in [0.717, 1.165) is 48.0 Å². The van der Waals surface area contributed by atoms with Crippen molar-refractivity contribution in [2.45, 2.75) is 53.5 Å². The molecular weight excluding hydrogens is 414 g/mol. The zero-order chi connectivity index (χ0) is 22.0. The summed E-state index contributed by atoms with van der Waals surface area (Å²) in [6, 6.07) is 0. The minimum Gasteiger partial charge on any atom is -0.356 e. The van der Waals surface area contributed by atoms with Gasteiger partial charge in [0.2, 0.25) is 5.91 Å². The molecule has 0 saturated carbocycles. The number of nitrogens with one attached hydrogen (secondary N) is 1. The highest BCUT2D eigenvalue weighted by Gasteiger charge is 2.28. The van der Waals surface area contributed by atoms with Crippen molar-refractivity contribution < 1.29 is 9.32 Å². The molecule has 0 spiro atoms. The van der Waals surface area contributed by atoms with E-state index in [2.05, 4.69) is 42.2 Å². The van der Waals surface area contributed by atoms with Crippen LogP contribution in [0.4, 0.5) is 5.82 Å². The number of nitrogens with zero attached hydrogens (tertiary/aromatic N) is 6. The average Bonchev–Trinajstić information content (AvgIpc) is 3.38. The second-order valence-electron chi connectivity index (χ2n) is 7.75. The molecule has 0 unspecified atom stereocenters. The fourth-order valence-electron chi connectivity index (χ4n) is 3.63. The molecule has 4 heterocycles. The van der Waals surface area contributed by atoms with Crippen LogP contribution in [0.25, 0.3) is 11.5 Å². The van der Waals surface area contributed by atoms with Crippen LogP contribution in [0, 0.1) is 26.7 Å². The van der Waals surface area contributed by atoms with E-state index in [1.54, 1.807) is 17.5 Å². The summed E-state index contributed by atoms with van der Waals surface area (Å²) in [4.78, 5) is 33.9. The molecule has 1 amide bonds. The Morgan fingerprint density at radius 3 is 2.65 bits per heavy atom. The lowest BCUT2D eigenvalue weighted by Gasteiger charge is -2.32. The number of carbonyl (C=O) groups excluding carboxylic acids is 1. The molecule has 164 valence electrons. The third-order valence-corrected chi connectivity index (χ3v) is 6.63. The molecule has 4 rings (SSSR count). The molecule has 1 saturated heterocycles. The summed E-state index contributed by atoms with van der Waals surface area (Å²) in [5.41, 5.74) is 1.76. The quantitative estimate of drug-likeness (QED) is 0.622. The molecule has 0 bridgehead atoms. The van der Waals surface area contributed by atoms with E-state index in [0.29, 0.717) is 30.5 Å². The van der Waals surface area contributed by atoms with Crippen LogP contribution in [0.5, 0.6) is 0 Å². The third-order valence-electron chi connectivity index (χ3n) is 5.56. The van der Waals surface area contributed by atoms with Gasteiger partial charge in [0.15, 0.2) is 5.82 Å². The number of rotatable bonds is 6. The summed E-state index contributed by atoms with van der Waals surface area (Å²) in [6.45, 7) is 9.83. The lowest BCUT2D eigenvalue weighted by Crippen LogP contribution is -2.41. The molecule has 1 aliphatic heterocycles. The molecule has 0 aliphatic carbocycles. The molecular formula is C21H27N7O2S. The SMILES string of the molecule is CCc1noc(-c2cnc(C)nc2N2CCC(C(=O)NCc3nc(C)c(C)s3)CC2)n1. The number of hydrogen-bond acceptors (Lipinski definition) is 9. The number of anilines is 1. The van der Waals surface area contributed by atoms with Crippen molar-refractivity contribution >= 4 is 23.1 Å². The first-order chi connectivity index (χ1) is 14.9. The van der Waals surface area contributed by atoms with E-state index in [1.807, 2.05) is 20.8 Å². The lowest BCUT2D eigenvalue weighted by atomic mass is 9.95. The standard InChI is InChI=1S/C21H27N7O2S/c1-5-17-26-21(30-27-17)16-10-22-14(4)25-19(16)28-8-6-15(7-9-28)20(29)23-11-18-24-12(2)13(3)31-18/h10,15H,5-9,11H2,1-4H3,(H,23,29). The van der Waals surface area contributed by atoms with Crippen LogP contribution in [0.1, 0.15) is 47.0 Å². The predicted octanol–water partition coefficient (Wildman–Crippen LogP) is 3.00. The van der Waals surface area contributed by atoms with Crippen LogP contribution in [0.15, 0.2) is 10.7 Å². The van der Waals surface area contributed by atoms with E-state index in [1.165, 1.54) is 4.88 Å². The summed E-state index contributed by atoms with van der Waals surface area (Å²) in [5, 5.41) is 7.99. The molecule has 0 atom stereocenters. The van der Waals surface area contributed by atoms with Crippen LogP contribution < -0.4 is 10.2 Å². The van der Waals surface area contributed by atoms with E-state index in [4.69, 9.17) is 4.52 Å². The number of carbonyl (C=O) groups is 1. The Balaban J connectivity index is 1.40. The zero-order valence-electron chi connectivity index (χ0n) is 18.3. The molecule has 1 fully saturated rings. The Morgan fingerprint density at radius 1 is 1.23 bits per heavy atom. The van der Waals surface area contributed by atoms with E-state index >= 15 is 0 Å². The molecule has 10 heteroatoms. The van der Waals surface area contributed by atoms with Gasteiger partial charge in [0, 0.05) is 36.5 Å². The van der Waals surface area contributed by atoms with Crippen molar-refractivity contribution in [3.63, 3.8) is 0 Å². The normalized spacial score (nSPS) is 14.8. The van der Waals surface area contributed by atoms with Crippen LogP contribution in [0.3, 0.4) is 0 Å². The summed E-state index contributed by atoms with van der Waals surface area (Å²) < 4.78 is 5.42. The summed E-state index contributed by atoms with van der Waals surface area (Å²) >= 11 is 1.64. The van der Waals surface area contributed by atoms with Crippen molar-refractivity contribution in [2.24, 2.45) is 5.92 Å². The first-order valence-corrected chi connectivity index (χ1v) is 11.4. The van der Waals surface area contributed by atoms with Crippen molar-refractivity contribution in [2.75, 3.05) is 18.0 Å². The fourth-order valence-corrected chi connectivity index (χ4v) is 4.51. The average molecular weight is 442 g/mol. The molecule has 1 aliphatic rings. The Hall–Kier alpha value is -2.88. The van der Waals surface area contributed by atoms with Crippen molar-refractivity contribution in [3.05, 3.63) is 33.4 Å². The van der Waals surface area contributed by atoms with Crippen molar-refractivity contribution in [1.29, 1.82) is 0 Å². The van der Waals surface area contributed by atoms with Crippen molar-refractivity contribution in [1.82, 2.24) is 30.4 Å². The van der Waals surface area contributed by atoms with Gasteiger partial charge in [-0.3, -0.25) is 4.79 Å². The molecule has 3 aromatic heterocycles. The maximum Gasteiger partial charge on any atom is 0.263 e. The second kappa shape index (κ2) is 9.09. The minimum atomic E-state index is -0.0140. The Kier molecular flexibility index (Phi) is 6.26. The Morgan fingerprint density at radius 2 is 2.00 bits per heavy atom. The first kappa shape index (κ1) is 21.4. The number of amides is 1. The number of aryl methyl sites for hydroxylation is 4. The van der Waals surface area contributed by atoms with Gasteiger partial charge in [-0.15, -0.1) is 11.3 Å². The highest BCUT2D eigenvalue weighted by molar-refractivity contribution is 7.11. The van der Waals surface area contributed by atoms with Gasteiger partial charge in [-0.1, -0.05) is 12.1 Å². The third kappa shape index (κ3) is 4.73. The van der Waals surface area contributed by atoms with Gasteiger partial charge in [-0.25, -0.2) is 15.0 Å². The topological polar surface area (TPSA) is 110 Å². The maximum atomic E-state index is 12.7. The summed E-state index contributed by atoms with van der Waals surface area (Å²) in [7, 11) is 0. The maximum absolute atomic E-state index is 12.7. The number of piperidine rings is 1. The molecule has 0 radical (unpaired) electrons. The van der Waals surface area contributed by atoms with Crippen molar-refractivity contribution in [3.8, 4) is 11.5 Å². The first-order valence-electron chi connectivity index (χ1n) is 10.6. The highest BCUT2D eigenvalue weighted by Crippen LogP contribution is 2.31.